The Morgan fingerprint density at radius 1 is 1.25 bits per heavy atom. The first-order valence-corrected chi connectivity index (χ1v) is 5.95. The van der Waals surface area contributed by atoms with Crippen LogP contribution in [0.5, 0.6) is 0 Å². The van der Waals surface area contributed by atoms with Crippen molar-refractivity contribution in [2.24, 2.45) is 0 Å². The summed E-state index contributed by atoms with van der Waals surface area (Å²) in [5.74, 6) is -0.374. The van der Waals surface area contributed by atoms with Crippen molar-refractivity contribution in [3.05, 3.63) is 46.4 Å². The minimum Gasteiger partial charge on any atom is -0.395 e. The SMILES string of the molecule is Nc1c(F)cccc1NCCc1cccs1. The van der Waals surface area contributed by atoms with Crippen molar-refractivity contribution in [1.29, 1.82) is 0 Å². The van der Waals surface area contributed by atoms with E-state index < -0.39 is 0 Å². The highest BCUT2D eigenvalue weighted by atomic mass is 32.1. The van der Waals surface area contributed by atoms with Gasteiger partial charge in [-0.25, -0.2) is 4.39 Å². The number of nitrogens with one attached hydrogen (secondary N) is 1. The van der Waals surface area contributed by atoms with Crippen molar-refractivity contribution in [3.8, 4) is 0 Å². The molecule has 0 radical (unpaired) electrons. The lowest BCUT2D eigenvalue weighted by Crippen LogP contribution is -2.07. The summed E-state index contributed by atoms with van der Waals surface area (Å²) in [6, 6.07) is 8.91. The fourth-order valence-electron chi connectivity index (χ4n) is 1.47. The summed E-state index contributed by atoms with van der Waals surface area (Å²) in [5.41, 5.74) is 6.46. The Kier molecular flexibility index (Phi) is 3.41. The van der Waals surface area contributed by atoms with Gasteiger partial charge in [-0.2, -0.15) is 0 Å². The molecule has 0 saturated heterocycles. The van der Waals surface area contributed by atoms with Gasteiger partial charge in [-0.15, -0.1) is 11.3 Å². The Morgan fingerprint density at radius 2 is 2.12 bits per heavy atom. The van der Waals surface area contributed by atoms with E-state index in [2.05, 4.69) is 11.4 Å². The average Bonchev–Trinajstić information content (AvgIpc) is 2.77. The van der Waals surface area contributed by atoms with Crippen LogP contribution in [0.4, 0.5) is 15.8 Å². The molecule has 0 atom stereocenters. The number of anilines is 2. The van der Waals surface area contributed by atoms with E-state index >= 15 is 0 Å². The van der Waals surface area contributed by atoms with Gasteiger partial charge in [-0.3, -0.25) is 0 Å². The molecule has 0 spiro atoms. The summed E-state index contributed by atoms with van der Waals surface area (Å²) >= 11 is 1.72. The van der Waals surface area contributed by atoms with E-state index in [0.29, 0.717) is 5.69 Å². The monoisotopic (exact) mass is 236 g/mol. The van der Waals surface area contributed by atoms with Crippen molar-refractivity contribution in [3.63, 3.8) is 0 Å². The maximum Gasteiger partial charge on any atom is 0.148 e. The quantitative estimate of drug-likeness (QED) is 0.800. The molecule has 16 heavy (non-hydrogen) atoms. The molecular formula is C12H13FN2S. The molecule has 84 valence electrons. The number of nitrogen functional groups attached to an aromatic ring is 1. The smallest absolute Gasteiger partial charge is 0.148 e. The number of para-hydroxylation sites is 1. The summed E-state index contributed by atoms with van der Waals surface area (Å²) in [6.45, 7) is 0.758. The maximum absolute atomic E-state index is 13.1. The number of hydrogen-bond acceptors (Lipinski definition) is 3. The van der Waals surface area contributed by atoms with Crippen LogP contribution < -0.4 is 11.1 Å². The zero-order valence-electron chi connectivity index (χ0n) is 8.74. The predicted octanol–water partition coefficient (Wildman–Crippen LogP) is 3.12. The molecular weight excluding hydrogens is 223 g/mol. The van der Waals surface area contributed by atoms with E-state index in [4.69, 9.17) is 5.73 Å². The first-order chi connectivity index (χ1) is 7.77. The number of benzene rings is 1. The van der Waals surface area contributed by atoms with E-state index in [-0.39, 0.29) is 11.5 Å². The van der Waals surface area contributed by atoms with Crippen molar-refractivity contribution >= 4 is 22.7 Å². The Morgan fingerprint density at radius 3 is 2.88 bits per heavy atom. The molecule has 0 bridgehead atoms. The Labute approximate surface area is 97.9 Å². The lowest BCUT2D eigenvalue weighted by molar-refractivity contribution is 0.633. The number of hydrogen-bond donors (Lipinski definition) is 2. The first-order valence-electron chi connectivity index (χ1n) is 5.07. The number of rotatable bonds is 4. The molecule has 2 rings (SSSR count). The van der Waals surface area contributed by atoms with Crippen LogP contribution in [0.1, 0.15) is 4.88 Å². The van der Waals surface area contributed by atoms with Crippen molar-refractivity contribution in [2.75, 3.05) is 17.6 Å². The highest BCUT2D eigenvalue weighted by Gasteiger charge is 2.03. The largest absolute Gasteiger partial charge is 0.395 e. The Hall–Kier alpha value is -1.55. The summed E-state index contributed by atoms with van der Waals surface area (Å²) in [7, 11) is 0. The van der Waals surface area contributed by atoms with Gasteiger partial charge in [0.25, 0.3) is 0 Å². The van der Waals surface area contributed by atoms with E-state index in [1.165, 1.54) is 10.9 Å². The molecule has 1 heterocycles. The number of halogens is 1. The summed E-state index contributed by atoms with van der Waals surface area (Å²) in [5, 5.41) is 5.18. The van der Waals surface area contributed by atoms with Crippen LogP contribution in [0.25, 0.3) is 0 Å². The molecule has 0 saturated carbocycles. The third-order valence-electron chi connectivity index (χ3n) is 2.32. The summed E-state index contributed by atoms with van der Waals surface area (Å²) < 4.78 is 13.1. The number of nitrogens with two attached hydrogens (primary N) is 1. The molecule has 3 N–H and O–H groups in total. The standard InChI is InChI=1S/C12H13FN2S/c13-10-4-1-5-11(12(10)14)15-7-6-9-3-2-8-16-9/h1-5,8,15H,6-7,14H2. The fraction of sp³-hybridized carbons (Fsp3) is 0.167. The zero-order chi connectivity index (χ0) is 11.4. The van der Waals surface area contributed by atoms with E-state index in [0.717, 1.165) is 13.0 Å². The highest BCUT2D eigenvalue weighted by Crippen LogP contribution is 2.21. The normalized spacial score (nSPS) is 10.3. The van der Waals surface area contributed by atoms with Crippen LogP contribution in [0.3, 0.4) is 0 Å². The van der Waals surface area contributed by atoms with Gasteiger partial charge in [0.15, 0.2) is 0 Å². The van der Waals surface area contributed by atoms with Gasteiger partial charge >= 0.3 is 0 Å². The molecule has 1 aromatic heterocycles. The molecule has 2 aromatic rings. The van der Waals surface area contributed by atoms with Gasteiger partial charge in [0.1, 0.15) is 5.82 Å². The molecule has 0 aliphatic rings. The van der Waals surface area contributed by atoms with Crippen LogP contribution in [0.15, 0.2) is 35.7 Å². The second kappa shape index (κ2) is 4.99. The predicted molar refractivity (Wildman–Crippen MR) is 67.3 cm³/mol. The van der Waals surface area contributed by atoms with Crippen LogP contribution in [0.2, 0.25) is 0 Å². The molecule has 0 aliphatic heterocycles. The van der Waals surface area contributed by atoms with Gasteiger partial charge in [0.05, 0.1) is 11.4 Å². The first kappa shape index (κ1) is 11.0. The van der Waals surface area contributed by atoms with Crippen LogP contribution in [-0.4, -0.2) is 6.54 Å². The van der Waals surface area contributed by atoms with Gasteiger partial charge in [0.2, 0.25) is 0 Å². The van der Waals surface area contributed by atoms with Gasteiger partial charge in [0, 0.05) is 11.4 Å². The molecule has 0 fully saturated rings. The van der Waals surface area contributed by atoms with E-state index in [9.17, 15) is 4.39 Å². The number of thiophene rings is 1. The van der Waals surface area contributed by atoms with Crippen molar-refractivity contribution in [2.45, 2.75) is 6.42 Å². The second-order valence-electron chi connectivity index (χ2n) is 3.46. The Balaban J connectivity index is 1.92. The second-order valence-corrected chi connectivity index (χ2v) is 4.49. The van der Waals surface area contributed by atoms with Crippen LogP contribution >= 0.6 is 11.3 Å². The maximum atomic E-state index is 13.1. The van der Waals surface area contributed by atoms with Crippen LogP contribution in [-0.2, 0) is 6.42 Å². The molecule has 4 heteroatoms. The van der Waals surface area contributed by atoms with E-state index in [1.54, 1.807) is 23.5 Å². The van der Waals surface area contributed by atoms with Crippen LogP contribution in [0, 0.1) is 5.82 Å². The highest BCUT2D eigenvalue weighted by molar-refractivity contribution is 7.09. The van der Waals surface area contributed by atoms with Gasteiger partial charge in [-0.05, 0) is 30.0 Å². The van der Waals surface area contributed by atoms with E-state index in [1.807, 2.05) is 11.4 Å². The van der Waals surface area contributed by atoms with Crippen molar-refractivity contribution < 1.29 is 4.39 Å². The molecule has 0 aliphatic carbocycles. The molecule has 2 nitrogen and oxygen atoms in total. The molecule has 0 unspecified atom stereocenters. The third-order valence-corrected chi connectivity index (χ3v) is 3.26. The van der Waals surface area contributed by atoms with Gasteiger partial charge < -0.3 is 11.1 Å². The third kappa shape index (κ3) is 2.52. The fourth-order valence-corrected chi connectivity index (χ4v) is 2.18. The topological polar surface area (TPSA) is 38.0 Å². The van der Waals surface area contributed by atoms with Gasteiger partial charge in [-0.1, -0.05) is 12.1 Å². The summed E-state index contributed by atoms with van der Waals surface area (Å²) in [6.07, 6.45) is 0.924. The lowest BCUT2D eigenvalue weighted by Gasteiger charge is -2.08. The van der Waals surface area contributed by atoms with Crippen molar-refractivity contribution in [1.82, 2.24) is 0 Å². The molecule has 1 aromatic carbocycles. The average molecular weight is 236 g/mol. The molecule has 0 amide bonds. The minimum absolute atomic E-state index is 0.189. The lowest BCUT2D eigenvalue weighted by atomic mass is 10.2. The summed E-state index contributed by atoms with van der Waals surface area (Å²) in [4.78, 5) is 1.31. The zero-order valence-corrected chi connectivity index (χ0v) is 9.56. The minimum atomic E-state index is -0.374. The Bertz CT molecular complexity index is 454.